The fourth-order valence-electron chi connectivity index (χ4n) is 9.80. The zero-order valence-corrected chi connectivity index (χ0v) is 33.8. The van der Waals surface area contributed by atoms with Crippen molar-refractivity contribution in [3.8, 4) is 55.6 Å². The molecule has 0 fully saturated rings. The molecule has 0 spiro atoms. The lowest BCUT2D eigenvalue weighted by Gasteiger charge is -2.31. The SMILES string of the molecule is CC1(C)c2ccccc2-c2ccc(N(c3cccc(-c4ccccc4)c3)c3cccc(-c4ccccc4-c4ccccc4)c3-c3cc4ccccc4c4ccccc34)cc21. The van der Waals surface area contributed by atoms with E-state index in [1.807, 2.05) is 0 Å². The molecule has 284 valence electrons. The van der Waals surface area contributed by atoms with Gasteiger partial charge in [0.15, 0.2) is 0 Å². The molecular weight excluding hydrogens is 723 g/mol. The van der Waals surface area contributed by atoms with Gasteiger partial charge in [0.1, 0.15) is 0 Å². The van der Waals surface area contributed by atoms with Gasteiger partial charge >= 0.3 is 0 Å². The van der Waals surface area contributed by atoms with Gasteiger partial charge < -0.3 is 4.90 Å². The highest BCUT2D eigenvalue weighted by Gasteiger charge is 2.36. The van der Waals surface area contributed by atoms with Gasteiger partial charge in [0.25, 0.3) is 0 Å². The molecule has 1 aliphatic rings. The number of benzene rings is 10. The van der Waals surface area contributed by atoms with Crippen LogP contribution >= 0.6 is 0 Å². The molecule has 10 aromatic carbocycles. The van der Waals surface area contributed by atoms with Crippen molar-refractivity contribution in [3.63, 3.8) is 0 Å². The van der Waals surface area contributed by atoms with Crippen molar-refractivity contribution >= 4 is 38.6 Å². The molecule has 0 aliphatic heterocycles. The Morgan fingerprint density at radius 3 is 1.68 bits per heavy atom. The van der Waals surface area contributed by atoms with Crippen molar-refractivity contribution in [1.29, 1.82) is 0 Å². The third-order valence-electron chi connectivity index (χ3n) is 12.7. The predicted octanol–water partition coefficient (Wildman–Crippen LogP) is 16.4. The van der Waals surface area contributed by atoms with Crippen LogP contribution in [0.2, 0.25) is 0 Å². The van der Waals surface area contributed by atoms with E-state index in [1.165, 1.54) is 88.3 Å². The van der Waals surface area contributed by atoms with Crippen LogP contribution < -0.4 is 4.90 Å². The largest absolute Gasteiger partial charge is 0.310 e. The maximum Gasteiger partial charge on any atom is 0.0546 e. The minimum absolute atomic E-state index is 0.159. The normalized spacial score (nSPS) is 12.6. The summed E-state index contributed by atoms with van der Waals surface area (Å²) in [5.41, 5.74) is 18.1. The fourth-order valence-corrected chi connectivity index (χ4v) is 9.80. The number of hydrogen-bond donors (Lipinski definition) is 0. The molecule has 1 heteroatoms. The Morgan fingerprint density at radius 2 is 0.883 bits per heavy atom. The molecule has 11 rings (SSSR count). The number of anilines is 3. The van der Waals surface area contributed by atoms with Crippen LogP contribution in [0.3, 0.4) is 0 Å². The Hall–Kier alpha value is -7.48. The van der Waals surface area contributed by atoms with Crippen molar-refractivity contribution < 1.29 is 0 Å². The fraction of sp³-hybridized carbons (Fsp3) is 0.0508. The Morgan fingerprint density at radius 1 is 0.317 bits per heavy atom. The third kappa shape index (κ3) is 5.85. The summed E-state index contributed by atoms with van der Waals surface area (Å²) in [6.07, 6.45) is 0. The van der Waals surface area contributed by atoms with Crippen LogP contribution in [0.15, 0.2) is 224 Å². The second-order valence-electron chi connectivity index (χ2n) is 16.5. The number of nitrogens with zero attached hydrogens (tertiary/aromatic N) is 1. The zero-order valence-electron chi connectivity index (χ0n) is 33.8. The lowest BCUT2D eigenvalue weighted by molar-refractivity contribution is 0.660. The number of hydrogen-bond acceptors (Lipinski definition) is 1. The van der Waals surface area contributed by atoms with E-state index in [2.05, 4.69) is 243 Å². The molecule has 0 unspecified atom stereocenters. The summed E-state index contributed by atoms with van der Waals surface area (Å²) in [7, 11) is 0. The molecule has 10 aromatic rings. The van der Waals surface area contributed by atoms with Crippen LogP contribution in [0.25, 0.3) is 77.2 Å². The highest BCUT2D eigenvalue weighted by atomic mass is 15.1. The van der Waals surface area contributed by atoms with Gasteiger partial charge in [-0.1, -0.05) is 202 Å². The maximum absolute atomic E-state index is 2.51. The lowest BCUT2D eigenvalue weighted by Crippen LogP contribution is -2.17. The van der Waals surface area contributed by atoms with Gasteiger partial charge in [-0.2, -0.15) is 0 Å². The van der Waals surface area contributed by atoms with Crippen LogP contribution in [0.5, 0.6) is 0 Å². The van der Waals surface area contributed by atoms with Gasteiger partial charge in [-0.25, -0.2) is 0 Å². The molecule has 0 bridgehead atoms. The summed E-state index contributed by atoms with van der Waals surface area (Å²) in [6.45, 7) is 4.74. The van der Waals surface area contributed by atoms with Gasteiger partial charge in [0.05, 0.1) is 5.69 Å². The quantitative estimate of drug-likeness (QED) is 0.146. The molecule has 0 radical (unpaired) electrons. The first kappa shape index (κ1) is 35.7. The van der Waals surface area contributed by atoms with Gasteiger partial charge in [0, 0.05) is 22.4 Å². The third-order valence-corrected chi connectivity index (χ3v) is 12.7. The van der Waals surface area contributed by atoms with Crippen molar-refractivity contribution in [2.24, 2.45) is 0 Å². The van der Waals surface area contributed by atoms with Crippen LogP contribution in [0.4, 0.5) is 17.1 Å². The minimum Gasteiger partial charge on any atom is -0.310 e. The van der Waals surface area contributed by atoms with Crippen molar-refractivity contribution in [2.75, 3.05) is 4.90 Å². The van der Waals surface area contributed by atoms with Gasteiger partial charge in [-0.15, -0.1) is 0 Å². The van der Waals surface area contributed by atoms with E-state index < -0.39 is 0 Å². The molecular formula is C59H43N. The first-order valence-corrected chi connectivity index (χ1v) is 20.9. The summed E-state index contributed by atoms with van der Waals surface area (Å²) in [5, 5.41) is 4.95. The molecule has 0 N–H and O–H groups in total. The van der Waals surface area contributed by atoms with E-state index in [4.69, 9.17) is 0 Å². The topological polar surface area (TPSA) is 3.24 Å². The van der Waals surface area contributed by atoms with Crippen LogP contribution in [0.1, 0.15) is 25.0 Å². The Bertz CT molecular complexity index is 3230. The van der Waals surface area contributed by atoms with Crippen LogP contribution in [-0.2, 0) is 5.41 Å². The van der Waals surface area contributed by atoms with Crippen LogP contribution in [-0.4, -0.2) is 0 Å². The maximum atomic E-state index is 2.51. The molecule has 0 aromatic heterocycles. The second kappa shape index (κ2) is 14.4. The molecule has 0 heterocycles. The number of fused-ring (bicyclic) bond motifs is 6. The van der Waals surface area contributed by atoms with Crippen molar-refractivity contribution in [3.05, 3.63) is 236 Å². The Labute approximate surface area is 352 Å². The van der Waals surface area contributed by atoms with E-state index in [9.17, 15) is 0 Å². The summed E-state index contributed by atoms with van der Waals surface area (Å²) < 4.78 is 0. The standard InChI is InChI=1S/C59H43N/c1-59(2)55-33-16-15-31-51(55)52-36-35-45(39-56(52)59)60(44-25-17-24-42(37-44)40-19-5-3-6-20-40)57-34-18-32-53(49-29-12-11-26-46(49)41-21-7-4-8-22-41)58(57)54-38-43-23-9-10-27-47(43)48-28-13-14-30-50(48)54/h3-39H,1-2H3. The summed E-state index contributed by atoms with van der Waals surface area (Å²) in [5.74, 6) is 0. The minimum atomic E-state index is -0.159. The summed E-state index contributed by atoms with van der Waals surface area (Å²) >= 11 is 0. The molecule has 1 nitrogen and oxygen atoms in total. The van der Waals surface area contributed by atoms with Crippen molar-refractivity contribution in [1.82, 2.24) is 0 Å². The van der Waals surface area contributed by atoms with E-state index in [-0.39, 0.29) is 5.41 Å². The molecule has 0 saturated carbocycles. The average molecular weight is 766 g/mol. The second-order valence-corrected chi connectivity index (χ2v) is 16.5. The Balaban J connectivity index is 1.25. The molecule has 1 aliphatic carbocycles. The first-order valence-electron chi connectivity index (χ1n) is 20.9. The van der Waals surface area contributed by atoms with Gasteiger partial charge in [-0.05, 0) is 119 Å². The van der Waals surface area contributed by atoms with Gasteiger partial charge in [0.2, 0.25) is 0 Å². The van der Waals surface area contributed by atoms with E-state index >= 15 is 0 Å². The molecule has 0 amide bonds. The summed E-state index contributed by atoms with van der Waals surface area (Å²) in [6, 6.07) is 82.6. The van der Waals surface area contributed by atoms with Gasteiger partial charge in [-0.3, -0.25) is 0 Å². The number of rotatable bonds is 7. The summed E-state index contributed by atoms with van der Waals surface area (Å²) in [4.78, 5) is 2.51. The molecule has 0 atom stereocenters. The molecule has 60 heavy (non-hydrogen) atoms. The van der Waals surface area contributed by atoms with E-state index in [1.54, 1.807) is 0 Å². The average Bonchev–Trinajstić information content (AvgIpc) is 3.54. The smallest absolute Gasteiger partial charge is 0.0546 e. The van der Waals surface area contributed by atoms with E-state index in [0.717, 1.165) is 17.1 Å². The van der Waals surface area contributed by atoms with Crippen molar-refractivity contribution in [2.45, 2.75) is 19.3 Å². The van der Waals surface area contributed by atoms with E-state index in [0.29, 0.717) is 0 Å². The van der Waals surface area contributed by atoms with Crippen LogP contribution in [0, 0.1) is 0 Å². The zero-order chi connectivity index (χ0) is 40.2. The Kier molecular flexibility index (Phi) is 8.57. The first-order chi connectivity index (χ1) is 29.5. The lowest BCUT2D eigenvalue weighted by atomic mass is 9.82. The highest BCUT2D eigenvalue weighted by molar-refractivity contribution is 6.17. The predicted molar refractivity (Wildman–Crippen MR) is 255 cm³/mol. The molecule has 0 saturated heterocycles. The highest BCUT2D eigenvalue weighted by Crippen LogP contribution is 2.53. The monoisotopic (exact) mass is 765 g/mol.